The largest absolute Gasteiger partial charge is 0.350 e. The van der Waals surface area contributed by atoms with Crippen LogP contribution < -0.4 is 5.32 Å². The zero-order valence-corrected chi connectivity index (χ0v) is 23.2. The molecule has 0 heterocycles. The van der Waals surface area contributed by atoms with Crippen molar-refractivity contribution in [2.75, 3.05) is 5.75 Å². The van der Waals surface area contributed by atoms with E-state index in [0.29, 0.717) is 12.2 Å². The fourth-order valence-electron chi connectivity index (χ4n) is 4.28. The number of hydrogen-bond acceptors (Lipinski definition) is 3. The highest BCUT2D eigenvalue weighted by Crippen LogP contribution is 2.20. The van der Waals surface area contributed by atoms with Crippen LogP contribution in [-0.2, 0) is 28.3 Å². The summed E-state index contributed by atoms with van der Waals surface area (Å²) < 4.78 is 13.6. The normalized spacial score (nSPS) is 12.2. The summed E-state index contributed by atoms with van der Waals surface area (Å²) in [6.07, 6.45) is 0.386. The second-order valence-corrected chi connectivity index (χ2v) is 11.6. The highest BCUT2D eigenvalue weighted by atomic mass is 32.2. The number of halogens is 1. The Kier molecular flexibility index (Phi) is 9.93. The van der Waals surface area contributed by atoms with Crippen molar-refractivity contribution in [3.63, 3.8) is 0 Å². The van der Waals surface area contributed by atoms with Gasteiger partial charge in [0.05, 0.1) is 5.75 Å². The molecular weight excluding hydrogens is 483 g/mol. The summed E-state index contributed by atoms with van der Waals surface area (Å²) in [4.78, 5) is 28.9. The van der Waals surface area contributed by atoms with Crippen molar-refractivity contribution in [3.8, 4) is 0 Å². The average molecular weight is 521 g/mol. The molecule has 0 fully saturated rings. The molecule has 1 atom stereocenters. The minimum absolute atomic E-state index is 0.122. The first-order chi connectivity index (χ1) is 17.5. The fraction of sp³-hybridized carbons (Fsp3) is 0.355. The zero-order chi connectivity index (χ0) is 27.0. The SMILES string of the molecule is Cc1cc(C)cc(CSCC(=O)N(Cc2ccc(F)cc2)[C@H](Cc2ccccc2)C(=O)NC(C)(C)C)c1. The van der Waals surface area contributed by atoms with Gasteiger partial charge in [0.1, 0.15) is 11.9 Å². The molecular formula is C31H37FN2O2S. The minimum Gasteiger partial charge on any atom is -0.350 e. The van der Waals surface area contributed by atoms with Crippen LogP contribution in [-0.4, -0.2) is 34.0 Å². The lowest BCUT2D eigenvalue weighted by Crippen LogP contribution is -2.54. The quantitative estimate of drug-likeness (QED) is 0.345. The molecule has 0 unspecified atom stereocenters. The molecule has 0 saturated carbocycles. The molecule has 1 N–H and O–H groups in total. The third-order valence-electron chi connectivity index (χ3n) is 5.81. The summed E-state index contributed by atoms with van der Waals surface area (Å²) >= 11 is 1.54. The Morgan fingerprint density at radius 3 is 2.11 bits per heavy atom. The minimum atomic E-state index is -0.707. The molecule has 6 heteroatoms. The van der Waals surface area contributed by atoms with Crippen LogP contribution in [0.3, 0.4) is 0 Å². The van der Waals surface area contributed by atoms with Crippen LogP contribution >= 0.6 is 11.8 Å². The van der Waals surface area contributed by atoms with Crippen molar-refractivity contribution in [3.05, 3.63) is 106 Å². The van der Waals surface area contributed by atoms with Crippen LogP contribution in [0.2, 0.25) is 0 Å². The highest BCUT2D eigenvalue weighted by Gasteiger charge is 2.32. The second-order valence-electron chi connectivity index (χ2n) is 10.6. The van der Waals surface area contributed by atoms with E-state index < -0.39 is 11.6 Å². The number of carbonyl (C=O) groups is 2. The number of carbonyl (C=O) groups excluding carboxylic acids is 2. The molecule has 3 aromatic rings. The summed E-state index contributed by atoms with van der Waals surface area (Å²) in [6.45, 7) is 10.1. The molecule has 0 aliphatic heterocycles. The van der Waals surface area contributed by atoms with Gasteiger partial charge in [0.15, 0.2) is 0 Å². The van der Waals surface area contributed by atoms with Crippen molar-refractivity contribution < 1.29 is 14.0 Å². The summed E-state index contributed by atoms with van der Waals surface area (Å²) in [6, 6.07) is 21.5. The van der Waals surface area contributed by atoms with Crippen LogP contribution in [0.15, 0.2) is 72.8 Å². The van der Waals surface area contributed by atoms with E-state index in [-0.39, 0.29) is 29.9 Å². The number of nitrogens with one attached hydrogen (secondary N) is 1. The monoisotopic (exact) mass is 520 g/mol. The summed E-state index contributed by atoms with van der Waals surface area (Å²) in [5, 5.41) is 3.06. The van der Waals surface area contributed by atoms with Gasteiger partial charge in [-0.25, -0.2) is 4.39 Å². The highest BCUT2D eigenvalue weighted by molar-refractivity contribution is 7.99. The van der Waals surface area contributed by atoms with Gasteiger partial charge in [0, 0.05) is 24.3 Å². The van der Waals surface area contributed by atoms with Gasteiger partial charge in [0.2, 0.25) is 11.8 Å². The number of amides is 2. The van der Waals surface area contributed by atoms with Gasteiger partial charge in [-0.2, -0.15) is 0 Å². The zero-order valence-electron chi connectivity index (χ0n) is 22.4. The Morgan fingerprint density at radius 1 is 0.892 bits per heavy atom. The lowest BCUT2D eigenvalue weighted by Gasteiger charge is -2.34. The van der Waals surface area contributed by atoms with Gasteiger partial charge in [-0.1, -0.05) is 71.8 Å². The molecule has 0 aromatic heterocycles. The second kappa shape index (κ2) is 12.9. The Hall–Kier alpha value is -3.12. The number of aryl methyl sites for hydroxylation is 2. The van der Waals surface area contributed by atoms with E-state index in [1.165, 1.54) is 40.6 Å². The van der Waals surface area contributed by atoms with E-state index in [2.05, 4.69) is 37.4 Å². The van der Waals surface area contributed by atoms with Crippen molar-refractivity contribution in [1.29, 1.82) is 0 Å². The third-order valence-corrected chi connectivity index (χ3v) is 6.80. The van der Waals surface area contributed by atoms with Crippen molar-refractivity contribution >= 4 is 23.6 Å². The number of rotatable bonds is 10. The lowest BCUT2D eigenvalue weighted by molar-refractivity contribution is -0.140. The lowest BCUT2D eigenvalue weighted by atomic mass is 10.0. The maximum atomic E-state index is 13.7. The number of nitrogens with zero attached hydrogens (tertiary/aromatic N) is 1. The van der Waals surface area contributed by atoms with Gasteiger partial charge >= 0.3 is 0 Å². The van der Waals surface area contributed by atoms with Crippen LogP contribution in [0.25, 0.3) is 0 Å². The molecule has 0 spiro atoms. The number of hydrogen-bond donors (Lipinski definition) is 1. The maximum Gasteiger partial charge on any atom is 0.243 e. The maximum absolute atomic E-state index is 13.7. The van der Waals surface area contributed by atoms with Gasteiger partial charge in [-0.15, -0.1) is 11.8 Å². The first-order valence-corrected chi connectivity index (χ1v) is 13.7. The molecule has 0 saturated heterocycles. The summed E-state index contributed by atoms with van der Waals surface area (Å²) in [7, 11) is 0. The fourth-order valence-corrected chi connectivity index (χ4v) is 5.13. The van der Waals surface area contributed by atoms with E-state index in [1.54, 1.807) is 17.0 Å². The number of benzene rings is 3. The molecule has 2 amide bonds. The molecule has 3 rings (SSSR count). The van der Waals surface area contributed by atoms with Gasteiger partial charge in [-0.05, 0) is 63.4 Å². The van der Waals surface area contributed by atoms with Crippen LogP contribution in [0, 0.1) is 19.7 Å². The first kappa shape index (κ1) is 28.5. The molecule has 0 radical (unpaired) electrons. The molecule has 3 aromatic carbocycles. The third kappa shape index (κ3) is 9.36. The van der Waals surface area contributed by atoms with E-state index in [1.807, 2.05) is 51.1 Å². The standard InChI is InChI=1S/C31H37FN2O2S/c1-22-15-23(2)17-26(16-22)20-37-21-29(35)34(19-25-11-13-27(32)14-12-25)28(30(36)33-31(3,4)5)18-24-9-7-6-8-10-24/h6-17,28H,18-21H2,1-5H3,(H,33,36)/t28-/m1/s1. The molecule has 0 bridgehead atoms. The van der Waals surface area contributed by atoms with Gasteiger partial charge in [-0.3, -0.25) is 9.59 Å². The van der Waals surface area contributed by atoms with E-state index in [9.17, 15) is 14.0 Å². The average Bonchev–Trinajstić information content (AvgIpc) is 2.81. The molecule has 196 valence electrons. The molecule has 4 nitrogen and oxygen atoms in total. The summed E-state index contributed by atoms with van der Waals surface area (Å²) in [5.41, 5.74) is 4.86. The van der Waals surface area contributed by atoms with Crippen molar-refractivity contribution in [2.45, 2.75) is 64.9 Å². The van der Waals surface area contributed by atoms with Crippen molar-refractivity contribution in [1.82, 2.24) is 10.2 Å². The van der Waals surface area contributed by atoms with Gasteiger partial charge in [0.25, 0.3) is 0 Å². The predicted molar refractivity (Wildman–Crippen MR) is 151 cm³/mol. The Bertz CT molecular complexity index is 1170. The first-order valence-electron chi connectivity index (χ1n) is 12.5. The smallest absolute Gasteiger partial charge is 0.243 e. The molecule has 37 heavy (non-hydrogen) atoms. The summed E-state index contributed by atoms with van der Waals surface area (Å²) in [5.74, 6) is 0.283. The van der Waals surface area contributed by atoms with Crippen LogP contribution in [0.5, 0.6) is 0 Å². The Balaban J connectivity index is 1.87. The topological polar surface area (TPSA) is 49.4 Å². The van der Waals surface area contributed by atoms with E-state index >= 15 is 0 Å². The number of thioether (sulfide) groups is 1. The molecule has 0 aliphatic carbocycles. The van der Waals surface area contributed by atoms with Crippen molar-refractivity contribution in [2.24, 2.45) is 0 Å². The molecule has 0 aliphatic rings. The van der Waals surface area contributed by atoms with E-state index in [0.717, 1.165) is 11.1 Å². The van der Waals surface area contributed by atoms with Gasteiger partial charge < -0.3 is 10.2 Å². The van der Waals surface area contributed by atoms with Crippen LogP contribution in [0.4, 0.5) is 4.39 Å². The Morgan fingerprint density at radius 2 is 1.51 bits per heavy atom. The predicted octanol–water partition coefficient (Wildman–Crippen LogP) is 6.23. The Labute approximate surface area is 224 Å². The van der Waals surface area contributed by atoms with Crippen LogP contribution in [0.1, 0.15) is 48.6 Å². The van der Waals surface area contributed by atoms with E-state index in [4.69, 9.17) is 0 Å².